The van der Waals surface area contributed by atoms with Gasteiger partial charge in [0.2, 0.25) is 0 Å². The molecular formula is C8H9FOS. The van der Waals surface area contributed by atoms with Crippen LogP contribution in [-0.2, 0) is 16.6 Å². The van der Waals surface area contributed by atoms with E-state index < -0.39 is 16.8 Å². The van der Waals surface area contributed by atoms with E-state index in [1.54, 1.807) is 0 Å². The van der Waals surface area contributed by atoms with E-state index in [-0.39, 0.29) is 0 Å². The lowest BCUT2D eigenvalue weighted by molar-refractivity contribution is 0.580. The van der Waals surface area contributed by atoms with Gasteiger partial charge in [-0.1, -0.05) is 30.3 Å². The molecule has 0 amide bonds. The lowest BCUT2D eigenvalue weighted by Gasteiger charge is -1.96. The first kappa shape index (κ1) is 8.40. The summed E-state index contributed by atoms with van der Waals surface area (Å²) in [6.45, 7) is 0. The fraction of sp³-hybridized carbons (Fsp3) is 0.250. The number of halogens is 1. The molecule has 11 heavy (non-hydrogen) atoms. The minimum absolute atomic E-state index is 0.317. The van der Waals surface area contributed by atoms with E-state index in [1.807, 2.05) is 30.3 Å². The van der Waals surface area contributed by atoms with E-state index in [4.69, 9.17) is 0 Å². The molecule has 0 aromatic heterocycles. The Kier molecular flexibility index (Phi) is 3.23. The summed E-state index contributed by atoms with van der Waals surface area (Å²) >= 11 is 0. The van der Waals surface area contributed by atoms with Crippen LogP contribution in [-0.4, -0.2) is 10.2 Å². The predicted octanol–water partition coefficient (Wildman–Crippen LogP) is 1.86. The molecule has 1 nitrogen and oxygen atoms in total. The van der Waals surface area contributed by atoms with E-state index in [2.05, 4.69) is 0 Å². The number of hydrogen-bond donors (Lipinski definition) is 0. The molecule has 0 aliphatic carbocycles. The highest BCUT2D eigenvalue weighted by atomic mass is 32.2. The highest BCUT2D eigenvalue weighted by molar-refractivity contribution is 7.84. The first-order chi connectivity index (χ1) is 5.33. The largest absolute Gasteiger partial charge is 0.257 e. The second kappa shape index (κ2) is 4.23. The maximum absolute atomic E-state index is 11.8. The standard InChI is InChI=1S/C8H9FOS/c9-7-11(10)6-8-4-2-1-3-5-8/h1-5H,6-7H2. The van der Waals surface area contributed by atoms with E-state index in [0.29, 0.717) is 5.75 Å². The molecule has 3 heteroatoms. The number of benzene rings is 1. The van der Waals surface area contributed by atoms with Gasteiger partial charge in [0.1, 0.15) is 0 Å². The molecule has 0 saturated heterocycles. The quantitative estimate of drug-likeness (QED) is 0.680. The molecule has 1 aromatic rings. The molecule has 0 radical (unpaired) electrons. The molecule has 0 aliphatic heterocycles. The molecule has 0 N–H and O–H groups in total. The minimum atomic E-state index is -1.34. The Balaban J connectivity index is 2.58. The maximum Gasteiger partial charge on any atom is 0.164 e. The fourth-order valence-electron chi connectivity index (χ4n) is 0.799. The summed E-state index contributed by atoms with van der Waals surface area (Å²) in [6.07, 6.45) is 0. The summed E-state index contributed by atoms with van der Waals surface area (Å²) in [6, 6.07) is 8.51. The highest BCUT2D eigenvalue weighted by Gasteiger charge is 1.98. The van der Waals surface area contributed by atoms with Crippen molar-refractivity contribution >= 4 is 10.8 Å². The van der Waals surface area contributed by atoms with Crippen LogP contribution >= 0.6 is 0 Å². The average molecular weight is 172 g/mol. The summed E-state index contributed by atoms with van der Waals surface area (Å²) in [5.41, 5.74) is 0.920. The monoisotopic (exact) mass is 172 g/mol. The van der Waals surface area contributed by atoms with Crippen LogP contribution in [0.5, 0.6) is 0 Å². The second-order valence-corrected chi connectivity index (χ2v) is 3.57. The van der Waals surface area contributed by atoms with E-state index in [0.717, 1.165) is 5.56 Å². The van der Waals surface area contributed by atoms with Crippen molar-refractivity contribution in [2.24, 2.45) is 0 Å². The molecule has 1 atom stereocenters. The Morgan fingerprint density at radius 2 is 1.91 bits per heavy atom. The van der Waals surface area contributed by atoms with Gasteiger partial charge in [-0.05, 0) is 5.56 Å². The maximum atomic E-state index is 11.8. The van der Waals surface area contributed by atoms with E-state index in [1.165, 1.54) is 0 Å². The van der Waals surface area contributed by atoms with Crippen molar-refractivity contribution in [3.05, 3.63) is 35.9 Å². The van der Waals surface area contributed by atoms with Gasteiger partial charge < -0.3 is 0 Å². The molecule has 0 aliphatic rings. The Morgan fingerprint density at radius 3 is 2.45 bits per heavy atom. The Labute approximate surface area is 67.7 Å². The molecule has 0 fully saturated rings. The minimum Gasteiger partial charge on any atom is -0.257 e. The Hall–Kier alpha value is -0.700. The first-order valence-corrected chi connectivity index (χ1v) is 4.76. The fourth-order valence-corrected chi connectivity index (χ4v) is 1.44. The third-order valence-electron chi connectivity index (χ3n) is 1.29. The van der Waals surface area contributed by atoms with Gasteiger partial charge in [-0.3, -0.25) is 4.21 Å². The third kappa shape index (κ3) is 2.80. The van der Waals surface area contributed by atoms with Crippen LogP contribution in [0.2, 0.25) is 0 Å². The normalized spacial score (nSPS) is 12.8. The van der Waals surface area contributed by atoms with Crippen LogP contribution in [0.25, 0.3) is 0 Å². The topological polar surface area (TPSA) is 17.1 Å². The first-order valence-electron chi connectivity index (χ1n) is 3.28. The Morgan fingerprint density at radius 1 is 1.27 bits per heavy atom. The van der Waals surface area contributed by atoms with Crippen molar-refractivity contribution in [1.82, 2.24) is 0 Å². The summed E-state index contributed by atoms with van der Waals surface area (Å²) in [4.78, 5) is 0. The van der Waals surface area contributed by atoms with Gasteiger partial charge in [0.25, 0.3) is 0 Å². The van der Waals surface area contributed by atoms with Crippen LogP contribution < -0.4 is 0 Å². The summed E-state index contributed by atoms with van der Waals surface area (Å²) < 4.78 is 22.5. The molecule has 0 bridgehead atoms. The highest BCUT2D eigenvalue weighted by Crippen LogP contribution is 2.02. The molecule has 60 valence electrons. The van der Waals surface area contributed by atoms with Crippen molar-refractivity contribution in [1.29, 1.82) is 0 Å². The van der Waals surface area contributed by atoms with Gasteiger partial charge in [-0.25, -0.2) is 4.39 Å². The van der Waals surface area contributed by atoms with Crippen molar-refractivity contribution in [3.63, 3.8) is 0 Å². The zero-order valence-electron chi connectivity index (χ0n) is 6.00. The van der Waals surface area contributed by atoms with Crippen LogP contribution in [0, 0.1) is 0 Å². The van der Waals surface area contributed by atoms with Gasteiger partial charge in [0.05, 0.1) is 16.6 Å². The van der Waals surface area contributed by atoms with Gasteiger partial charge in [0, 0.05) is 0 Å². The summed E-state index contributed by atoms with van der Waals surface area (Å²) in [5.74, 6) is 0.317. The third-order valence-corrected chi connectivity index (χ3v) is 2.19. The zero-order chi connectivity index (χ0) is 8.10. The van der Waals surface area contributed by atoms with Crippen LogP contribution in [0.3, 0.4) is 0 Å². The van der Waals surface area contributed by atoms with E-state index in [9.17, 15) is 8.60 Å². The van der Waals surface area contributed by atoms with Crippen molar-refractivity contribution in [2.45, 2.75) is 5.75 Å². The van der Waals surface area contributed by atoms with Gasteiger partial charge in [-0.2, -0.15) is 0 Å². The smallest absolute Gasteiger partial charge is 0.164 e. The van der Waals surface area contributed by atoms with Gasteiger partial charge in [-0.15, -0.1) is 0 Å². The molecule has 0 spiro atoms. The predicted molar refractivity (Wildman–Crippen MR) is 44.3 cm³/mol. The van der Waals surface area contributed by atoms with Gasteiger partial charge >= 0.3 is 0 Å². The molecule has 1 unspecified atom stereocenters. The van der Waals surface area contributed by atoms with E-state index >= 15 is 0 Å². The second-order valence-electron chi connectivity index (χ2n) is 2.18. The number of rotatable bonds is 3. The number of hydrogen-bond acceptors (Lipinski definition) is 1. The molecule has 0 saturated carbocycles. The van der Waals surface area contributed by atoms with Crippen molar-refractivity contribution < 1.29 is 8.60 Å². The SMILES string of the molecule is O=S(CF)Cc1ccccc1. The number of alkyl halides is 1. The lowest BCUT2D eigenvalue weighted by atomic mass is 10.2. The average Bonchev–Trinajstić information content (AvgIpc) is 2.06. The van der Waals surface area contributed by atoms with Gasteiger partial charge in [0.15, 0.2) is 6.01 Å². The summed E-state index contributed by atoms with van der Waals surface area (Å²) in [7, 11) is -1.34. The lowest BCUT2D eigenvalue weighted by Crippen LogP contribution is -1.95. The molecule has 1 rings (SSSR count). The van der Waals surface area contributed by atoms with Crippen LogP contribution in [0.1, 0.15) is 5.56 Å². The van der Waals surface area contributed by atoms with Crippen molar-refractivity contribution in [3.8, 4) is 0 Å². The van der Waals surface area contributed by atoms with Crippen LogP contribution in [0.15, 0.2) is 30.3 Å². The molecule has 0 heterocycles. The zero-order valence-corrected chi connectivity index (χ0v) is 6.81. The summed E-state index contributed by atoms with van der Waals surface area (Å²) in [5, 5.41) is 0. The van der Waals surface area contributed by atoms with Crippen molar-refractivity contribution in [2.75, 3.05) is 6.01 Å². The molecule has 1 aromatic carbocycles. The molecular weight excluding hydrogens is 163 g/mol. The Bertz CT molecular complexity index is 235. The van der Waals surface area contributed by atoms with Crippen LogP contribution in [0.4, 0.5) is 4.39 Å².